The van der Waals surface area contributed by atoms with E-state index in [2.05, 4.69) is 24.4 Å². The average molecular weight is 569 g/mol. The number of fused-ring (bicyclic) bond motifs is 2. The summed E-state index contributed by atoms with van der Waals surface area (Å²) in [5.74, 6) is -1.18. The van der Waals surface area contributed by atoms with Gasteiger partial charge in [-0.25, -0.2) is 0 Å². The molecule has 1 aliphatic heterocycles. The Labute approximate surface area is 241 Å². The number of benzene rings is 2. The van der Waals surface area contributed by atoms with E-state index < -0.39 is 5.97 Å². The number of carbonyl (C=O) groups excluding carboxylic acids is 2. The number of anilines is 1. The number of nitrogens with zero attached hydrogens (tertiary/aromatic N) is 1. The topological polar surface area (TPSA) is 124 Å². The van der Waals surface area contributed by atoms with Crippen molar-refractivity contribution >= 4 is 35.1 Å². The highest BCUT2D eigenvalue weighted by Gasteiger charge is 2.22. The van der Waals surface area contributed by atoms with Gasteiger partial charge in [0.1, 0.15) is 0 Å². The number of carboxylic acids is 1. The van der Waals surface area contributed by atoms with Crippen molar-refractivity contribution < 1.29 is 38.4 Å². The van der Waals surface area contributed by atoms with E-state index in [9.17, 15) is 14.4 Å². The smallest absolute Gasteiger partial charge is 0.305 e. The van der Waals surface area contributed by atoms with Gasteiger partial charge in [0.2, 0.25) is 11.8 Å². The minimum atomic E-state index is -0.888. The van der Waals surface area contributed by atoms with E-state index in [-0.39, 0.29) is 37.7 Å². The Morgan fingerprint density at radius 2 is 1.39 bits per heavy atom. The van der Waals surface area contributed by atoms with Crippen LogP contribution in [0.4, 0.5) is 5.69 Å². The van der Waals surface area contributed by atoms with Crippen LogP contribution in [-0.4, -0.2) is 82.3 Å². The Kier molecular flexibility index (Phi) is 14.0. The van der Waals surface area contributed by atoms with Crippen molar-refractivity contribution in [1.82, 2.24) is 5.32 Å². The number of amides is 2. The summed E-state index contributed by atoms with van der Waals surface area (Å²) in [6.07, 6.45) is 2.29. The molecule has 1 aliphatic rings. The Morgan fingerprint density at radius 1 is 0.780 bits per heavy atom. The van der Waals surface area contributed by atoms with Crippen molar-refractivity contribution in [2.75, 3.05) is 64.3 Å². The summed E-state index contributed by atoms with van der Waals surface area (Å²) < 4.78 is 21.3. The van der Waals surface area contributed by atoms with Crippen molar-refractivity contribution in [2.24, 2.45) is 0 Å². The van der Waals surface area contributed by atoms with Gasteiger partial charge < -0.3 is 34.3 Å². The van der Waals surface area contributed by atoms with Crippen LogP contribution in [0, 0.1) is 0 Å². The van der Waals surface area contributed by atoms with Crippen molar-refractivity contribution in [1.29, 1.82) is 0 Å². The van der Waals surface area contributed by atoms with Gasteiger partial charge in [-0.3, -0.25) is 14.4 Å². The molecule has 41 heavy (non-hydrogen) atoms. The average Bonchev–Trinajstić information content (AvgIpc) is 2.96. The quantitative estimate of drug-likeness (QED) is 0.262. The molecule has 0 aromatic heterocycles. The highest BCUT2D eigenvalue weighted by atomic mass is 16.6. The maximum Gasteiger partial charge on any atom is 0.305 e. The molecule has 2 N–H and O–H groups in total. The van der Waals surface area contributed by atoms with E-state index in [0.29, 0.717) is 59.3 Å². The molecular formula is C31H40N2O8. The predicted molar refractivity (Wildman–Crippen MR) is 155 cm³/mol. The molecule has 1 heterocycles. The van der Waals surface area contributed by atoms with Crippen LogP contribution in [0.25, 0.3) is 11.6 Å². The molecule has 0 radical (unpaired) electrons. The second-order valence-corrected chi connectivity index (χ2v) is 9.47. The van der Waals surface area contributed by atoms with Gasteiger partial charge in [0.05, 0.1) is 71.5 Å². The zero-order valence-corrected chi connectivity index (χ0v) is 23.6. The maximum atomic E-state index is 13.3. The molecule has 0 spiro atoms. The lowest BCUT2D eigenvalue weighted by Gasteiger charge is -2.28. The molecule has 0 saturated heterocycles. The van der Waals surface area contributed by atoms with Gasteiger partial charge >= 0.3 is 5.97 Å². The Hall–Kier alpha value is -3.57. The Morgan fingerprint density at radius 3 is 2.10 bits per heavy atom. The van der Waals surface area contributed by atoms with Gasteiger partial charge in [0, 0.05) is 19.4 Å². The van der Waals surface area contributed by atoms with Gasteiger partial charge in [0.15, 0.2) is 0 Å². The third kappa shape index (κ3) is 11.4. The van der Waals surface area contributed by atoms with Crippen LogP contribution in [0.5, 0.6) is 0 Å². The number of carboxylic acid groups (broad SMARTS) is 1. The molecule has 10 heteroatoms. The van der Waals surface area contributed by atoms with Crippen LogP contribution in [0.15, 0.2) is 48.5 Å². The lowest BCUT2D eigenvalue weighted by Crippen LogP contribution is -2.34. The fourth-order valence-electron chi connectivity index (χ4n) is 4.32. The number of aliphatic carboxylic acids is 1. The van der Waals surface area contributed by atoms with Crippen LogP contribution in [0.2, 0.25) is 0 Å². The third-order valence-corrected chi connectivity index (χ3v) is 6.38. The van der Waals surface area contributed by atoms with Crippen molar-refractivity contribution in [2.45, 2.75) is 32.7 Å². The summed E-state index contributed by atoms with van der Waals surface area (Å²) in [4.78, 5) is 37.8. The monoisotopic (exact) mass is 568 g/mol. The number of rotatable bonds is 18. The number of allylic oxidation sites excluding steroid dienone is 1. The van der Waals surface area contributed by atoms with Crippen LogP contribution in [0.1, 0.15) is 42.9 Å². The number of hydrogen-bond acceptors (Lipinski definition) is 7. The molecule has 2 amide bonds. The van der Waals surface area contributed by atoms with Crippen LogP contribution in [0.3, 0.4) is 0 Å². The molecule has 0 unspecified atom stereocenters. The molecule has 0 bridgehead atoms. The van der Waals surface area contributed by atoms with E-state index in [4.69, 9.17) is 24.1 Å². The number of ether oxygens (including phenoxy) is 4. The summed E-state index contributed by atoms with van der Waals surface area (Å²) in [6, 6.07) is 15.9. The Balaban J connectivity index is 1.28. The van der Waals surface area contributed by atoms with E-state index in [1.807, 2.05) is 42.5 Å². The fourth-order valence-corrected chi connectivity index (χ4v) is 4.32. The molecule has 0 aliphatic carbocycles. The molecule has 10 nitrogen and oxygen atoms in total. The maximum absolute atomic E-state index is 13.3. The van der Waals surface area contributed by atoms with E-state index in [1.54, 1.807) is 4.90 Å². The van der Waals surface area contributed by atoms with Gasteiger partial charge in [-0.15, -0.1) is 0 Å². The van der Waals surface area contributed by atoms with Crippen LogP contribution < -0.4 is 10.2 Å². The largest absolute Gasteiger partial charge is 0.481 e. The lowest BCUT2D eigenvalue weighted by molar-refractivity contribution is -0.138. The zero-order valence-electron chi connectivity index (χ0n) is 23.6. The summed E-state index contributed by atoms with van der Waals surface area (Å²) >= 11 is 0. The summed E-state index contributed by atoms with van der Waals surface area (Å²) in [6.45, 7) is 5.71. The second-order valence-electron chi connectivity index (χ2n) is 9.47. The van der Waals surface area contributed by atoms with Gasteiger partial charge in [-0.1, -0.05) is 42.5 Å². The molecule has 0 atom stereocenters. The Bertz CT molecular complexity index is 1170. The first-order valence-electron chi connectivity index (χ1n) is 13.9. The fraction of sp³-hybridized carbons (Fsp3) is 0.452. The first-order valence-corrected chi connectivity index (χ1v) is 13.9. The predicted octanol–water partition coefficient (Wildman–Crippen LogP) is 3.53. The standard InChI is InChI=1S/C31H40N2O8/c1-24-22-25-6-3-5-9-28(25)33(23-26-7-2-4-8-27(24)26)30(35)11-10-29(34)32-13-15-39-17-19-41-21-20-40-18-16-38-14-12-31(36)37/h2-9,22H,10-21,23H2,1H3,(H,32,34)(H,36,37)/b24-22-. The summed E-state index contributed by atoms with van der Waals surface area (Å²) in [5, 5.41) is 11.3. The number of para-hydroxylation sites is 1. The summed E-state index contributed by atoms with van der Waals surface area (Å²) in [5.41, 5.74) is 5.16. The summed E-state index contributed by atoms with van der Waals surface area (Å²) in [7, 11) is 0. The molecule has 222 valence electrons. The minimum Gasteiger partial charge on any atom is -0.481 e. The molecular weight excluding hydrogens is 528 g/mol. The van der Waals surface area contributed by atoms with E-state index in [0.717, 1.165) is 28.0 Å². The number of hydrogen-bond donors (Lipinski definition) is 2. The van der Waals surface area contributed by atoms with Gasteiger partial charge in [-0.05, 0) is 41.3 Å². The first kappa shape index (κ1) is 32.0. The molecule has 2 aromatic rings. The molecule has 2 aromatic carbocycles. The highest BCUT2D eigenvalue weighted by Crippen LogP contribution is 2.32. The van der Waals surface area contributed by atoms with E-state index in [1.165, 1.54) is 0 Å². The molecule has 0 saturated carbocycles. The first-order chi connectivity index (χ1) is 20.0. The van der Waals surface area contributed by atoms with Crippen molar-refractivity contribution in [3.8, 4) is 0 Å². The zero-order chi connectivity index (χ0) is 29.3. The van der Waals surface area contributed by atoms with Crippen molar-refractivity contribution in [3.05, 3.63) is 65.2 Å². The second kappa shape index (κ2) is 18.0. The normalized spacial score (nSPS) is 13.8. The van der Waals surface area contributed by atoms with E-state index >= 15 is 0 Å². The molecule has 3 rings (SSSR count). The number of nitrogens with one attached hydrogen (secondary N) is 1. The van der Waals surface area contributed by atoms with Crippen molar-refractivity contribution in [3.63, 3.8) is 0 Å². The van der Waals surface area contributed by atoms with Gasteiger partial charge in [-0.2, -0.15) is 0 Å². The van der Waals surface area contributed by atoms with Crippen LogP contribution >= 0.6 is 0 Å². The lowest BCUT2D eigenvalue weighted by atomic mass is 9.95. The molecule has 0 fully saturated rings. The SMILES string of the molecule is C/C1=C/c2ccccc2N(C(=O)CCC(=O)NCCOCCOCCOCCOCCC(=O)O)Cc2ccccc21. The highest BCUT2D eigenvalue weighted by molar-refractivity contribution is 5.99. The third-order valence-electron chi connectivity index (χ3n) is 6.38. The number of carbonyl (C=O) groups is 3. The van der Waals surface area contributed by atoms with Gasteiger partial charge in [0.25, 0.3) is 0 Å². The van der Waals surface area contributed by atoms with Crippen LogP contribution in [-0.2, 0) is 39.9 Å². The minimum absolute atomic E-state index is 0.0194.